The Hall–Kier alpha value is -3.52. The third-order valence-corrected chi connectivity index (χ3v) is 7.34. The van der Waals surface area contributed by atoms with Gasteiger partial charge in [-0.25, -0.2) is 9.50 Å². The normalized spacial score (nSPS) is 13.5. The Kier molecular flexibility index (Phi) is 7.26. The van der Waals surface area contributed by atoms with Crippen LogP contribution in [-0.2, 0) is 4.79 Å². The van der Waals surface area contributed by atoms with Crippen molar-refractivity contribution in [2.24, 2.45) is 0 Å². The Labute approximate surface area is 213 Å². The number of benzene rings is 1. The number of H-pyrrole nitrogens is 1. The van der Waals surface area contributed by atoms with Crippen molar-refractivity contribution >= 4 is 11.6 Å². The van der Waals surface area contributed by atoms with Crippen LogP contribution in [0.2, 0.25) is 0 Å². The van der Waals surface area contributed by atoms with Gasteiger partial charge in [0.25, 0.3) is 0 Å². The van der Waals surface area contributed by atoms with Crippen LogP contribution in [0.3, 0.4) is 0 Å². The molecular formula is C28H37N7O. The highest BCUT2D eigenvalue weighted by Crippen LogP contribution is 2.36. The third kappa shape index (κ3) is 4.65. The molecule has 0 saturated heterocycles. The van der Waals surface area contributed by atoms with E-state index in [0.717, 1.165) is 45.8 Å². The van der Waals surface area contributed by atoms with Crippen LogP contribution in [0.4, 0.5) is 0 Å². The van der Waals surface area contributed by atoms with Crippen LogP contribution in [0.15, 0.2) is 42.9 Å². The van der Waals surface area contributed by atoms with Gasteiger partial charge in [0.05, 0.1) is 23.5 Å². The van der Waals surface area contributed by atoms with Gasteiger partial charge < -0.3 is 4.90 Å². The second kappa shape index (κ2) is 10.2. The molecule has 190 valence electrons. The highest BCUT2D eigenvalue weighted by molar-refractivity contribution is 5.81. The molecule has 3 aromatic heterocycles. The molecule has 8 nitrogen and oxygen atoms in total. The van der Waals surface area contributed by atoms with Crippen LogP contribution in [0.1, 0.15) is 63.3 Å². The van der Waals surface area contributed by atoms with E-state index in [2.05, 4.69) is 78.1 Å². The van der Waals surface area contributed by atoms with E-state index in [4.69, 9.17) is 5.10 Å². The highest BCUT2D eigenvalue weighted by atomic mass is 16.2. The number of pyridine rings is 1. The number of nitrogens with zero attached hydrogens (tertiary/aromatic N) is 6. The van der Waals surface area contributed by atoms with Gasteiger partial charge >= 0.3 is 0 Å². The number of fused-ring (bicyclic) bond motifs is 1. The number of amides is 1. The van der Waals surface area contributed by atoms with Gasteiger partial charge in [-0.3, -0.25) is 14.8 Å². The van der Waals surface area contributed by atoms with E-state index in [9.17, 15) is 4.79 Å². The molecular weight excluding hydrogens is 450 g/mol. The number of carbonyl (C=O) groups excluding carboxylic acids is 1. The zero-order valence-electron chi connectivity index (χ0n) is 22.6. The number of likely N-dealkylation sites (N-methyl/N-ethyl adjacent to an activating group) is 2. The monoisotopic (exact) mass is 487 g/mol. The number of aromatic amines is 1. The molecule has 0 fully saturated rings. The first-order chi connectivity index (χ1) is 17.1. The molecule has 0 spiro atoms. The minimum absolute atomic E-state index is 0.0291. The predicted molar refractivity (Wildman–Crippen MR) is 144 cm³/mol. The van der Waals surface area contributed by atoms with Crippen LogP contribution >= 0.6 is 0 Å². The van der Waals surface area contributed by atoms with Crippen molar-refractivity contribution < 1.29 is 4.79 Å². The van der Waals surface area contributed by atoms with Gasteiger partial charge in [-0.15, -0.1) is 0 Å². The van der Waals surface area contributed by atoms with E-state index >= 15 is 0 Å². The molecule has 1 amide bonds. The molecule has 3 heterocycles. The standard InChI is InChI=1S/C28H37N7O/c1-9-33(7)20(6)28(36)34(8)19(5)21-10-12-22(13-11-21)25-24(17(2)3)26(32-31-25)23-14-18(4)27-29-16-30-35(27)15-23/h10-17,19-20H,9H2,1-8H3,(H,31,32)/t19-,20?/m0/s1. The zero-order chi connectivity index (χ0) is 26.1. The molecule has 0 bridgehead atoms. The summed E-state index contributed by atoms with van der Waals surface area (Å²) in [6, 6.07) is 10.4. The maximum absolute atomic E-state index is 13.0. The fraction of sp³-hybridized carbons (Fsp3) is 0.429. The molecule has 0 aliphatic rings. The van der Waals surface area contributed by atoms with Crippen molar-refractivity contribution in [3.8, 4) is 22.5 Å². The van der Waals surface area contributed by atoms with E-state index in [1.807, 2.05) is 39.0 Å². The average Bonchev–Trinajstić information content (AvgIpc) is 3.54. The molecule has 36 heavy (non-hydrogen) atoms. The van der Waals surface area contributed by atoms with Gasteiger partial charge in [-0.2, -0.15) is 10.2 Å². The first kappa shape index (κ1) is 25.6. The van der Waals surface area contributed by atoms with Gasteiger partial charge in [0.15, 0.2) is 5.65 Å². The number of hydrogen-bond acceptors (Lipinski definition) is 5. The van der Waals surface area contributed by atoms with Gasteiger partial charge in [0.1, 0.15) is 6.33 Å². The lowest BCUT2D eigenvalue weighted by atomic mass is 9.93. The lowest BCUT2D eigenvalue weighted by Crippen LogP contribution is -2.44. The van der Waals surface area contributed by atoms with Crippen LogP contribution < -0.4 is 0 Å². The number of aromatic nitrogens is 5. The van der Waals surface area contributed by atoms with E-state index in [-0.39, 0.29) is 23.9 Å². The second-order valence-corrected chi connectivity index (χ2v) is 9.95. The maximum Gasteiger partial charge on any atom is 0.239 e. The van der Waals surface area contributed by atoms with E-state index in [1.165, 1.54) is 5.56 Å². The predicted octanol–water partition coefficient (Wildman–Crippen LogP) is 5.08. The zero-order valence-corrected chi connectivity index (χ0v) is 22.6. The number of aryl methyl sites for hydroxylation is 1. The molecule has 1 unspecified atom stereocenters. The summed E-state index contributed by atoms with van der Waals surface area (Å²) < 4.78 is 1.80. The minimum Gasteiger partial charge on any atom is -0.338 e. The second-order valence-electron chi connectivity index (χ2n) is 9.95. The molecule has 1 aromatic carbocycles. The Morgan fingerprint density at radius 3 is 2.42 bits per heavy atom. The molecule has 4 aromatic rings. The van der Waals surface area contributed by atoms with Crippen molar-refractivity contribution in [1.29, 1.82) is 0 Å². The van der Waals surface area contributed by atoms with Crippen molar-refractivity contribution in [3.05, 3.63) is 59.5 Å². The SMILES string of the molecule is CCN(C)C(C)C(=O)N(C)[C@@H](C)c1ccc(-c2[nH]nc(-c3cc(C)c4ncnn4c3)c2C(C)C)cc1. The molecule has 0 saturated carbocycles. The Morgan fingerprint density at radius 2 is 1.78 bits per heavy atom. The fourth-order valence-electron chi connectivity index (χ4n) is 4.68. The molecule has 0 aliphatic heterocycles. The Bertz CT molecular complexity index is 1350. The fourth-order valence-corrected chi connectivity index (χ4v) is 4.68. The van der Waals surface area contributed by atoms with Gasteiger partial charge in [0.2, 0.25) is 5.91 Å². The molecule has 2 atom stereocenters. The number of hydrogen-bond donors (Lipinski definition) is 1. The number of nitrogens with one attached hydrogen (secondary N) is 1. The Morgan fingerprint density at radius 1 is 1.08 bits per heavy atom. The van der Waals surface area contributed by atoms with E-state index < -0.39 is 0 Å². The molecule has 4 rings (SSSR count). The first-order valence-electron chi connectivity index (χ1n) is 12.6. The summed E-state index contributed by atoms with van der Waals surface area (Å²) in [7, 11) is 3.86. The summed E-state index contributed by atoms with van der Waals surface area (Å²) in [5, 5.41) is 12.3. The lowest BCUT2D eigenvalue weighted by Gasteiger charge is -2.31. The van der Waals surface area contributed by atoms with Gasteiger partial charge in [-0.1, -0.05) is 45.0 Å². The van der Waals surface area contributed by atoms with Crippen molar-refractivity contribution in [2.75, 3.05) is 20.6 Å². The van der Waals surface area contributed by atoms with Gasteiger partial charge in [-0.05, 0) is 63.0 Å². The highest BCUT2D eigenvalue weighted by Gasteiger charge is 2.25. The van der Waals surface area contributed by atoms with Crippen LogP contribution in [-0.4, -0.2) is 67.2 Å². The third-order valence-electron chi connectivity index (χ3n) is 7.34. The molecule has 1 N–H and O–H groups in total. The molecule has 0 aliphatic carbocycles. The van der Waals surface area contributed by atoms with Crippen molar-refractivity contribution in [2.45, 2.75) is 59.5 Å². The lowest BCUT2D eigenvalue weighted by molar-refractivity contribution is -0.136. The Balaban J connectivity index is 1.63. The first-order valence-corrected chi connectivity index (χ1v) is 12.6. The van der Waals surface area contributed by atoms with E-state index in [0.29, 0.717) is 0 Å². The summed E-state index contributed by atoms with van der Waals surface area (Å²) in [5.41, 5.74) is 8.19. The molecule has 0 radical (unpaired) electrons. The van der Waals surface area contributed by atoms with E-state index in [1.54, 1.807) is 10.8 Å². The van der Waals surface area contributed by atoms with Crippen LogP contribution in [0.5, 0.6) is 0 Å². The van der Waals surface area contributed by atoms with Gasteiger partial charge in [0, 0.05) is 24.4 Å². The molecule has 8 heteroatoms. The summed E-state index contributed by atoms with van der Waals surface area (Å²) in [4.78, 5) is 21.2. The quantitative estimate of drug-likeness (QED) is 0.375. The summed E-state index contributed by atoms with van der Waals surface area (Å²) >= 11 is 0. The largest absolute Gasteiger partial charge is 0.338 e. The smallest absolute Gasteiger partial charge is 0.239 e. The summed E-state index contributed by atoms with van der Waals surface area (Å²) in [5.74, 6) is 0.385. The van der Waals surface area contributed by atoms with Crippen LogP contribution in [0.25, 0.3) is 28.2 Å². The van der Waals surface area contributed by atoms with Crippen LogP contribution in [0, 0.1) is 6.92 Å². The summed E-state index contributed by atoms with van der Waals surface area (Å²) in [6.45, 7) is 13.3. The number of rotatable bonds is 8. The van der Waals surface area contributed by atoms with Crippen molar-refractivity contribution in [3.63, 3.8) is 0 Å². The average molecular weight is 488 g/mol. The summed E-state index contributed by atoms with van der Waals surface area (Å²) in [6.07, 6.45) is 3.55. The van der Waals surface area contributed by atoms with Crippen molar-refractivity contribution in [1.82, 2.24) is 34.6 Å². The topological polar surface area (TPSA) is 82.4 Å². The maximum atomic E-state index is 13.0. The number of carbonyl (C=O) groups is 1. The minimum atomic E-state index is -0.154.